The molecule has 0 atom stereocenters. The zero-order valence-corrected chi connectivity index (χ0v) is 18.0. The van der Waals surface area contributed by atoms with E-state index >= 15 is 0 Å². The lowest BCUT2D eigenvalue weighted by molar-refractivity contribution is -0.121. The van der Waals surface area contributed by atoms with Gasteiger partial charge < -0.3 is 5.32 Å². The van der Waals surface area contributed by atoms with Gasteiger partial charge in [0.15, 0.2) is 5.78 Å². The van der Waals surface area contributed by atoms with Gasteiger partial charge in [-0.05, 0) is 31.4 Å². The van der Waals surface area contributed by atoms with E-state index in [4.69, 9.17) is 0 Å². The molecule has 0 unspecified atom stereocenters. The molecule has 1 aliphatic rings. The Morgan fingerprint density at radius 1 is 0.906 bits per heavy atom. The Morgan fingerprint density at radius 3 is 2.34 bits per heavy atom. The molecule has 1 N–H and O–H groups in total. The molecule has 0 bridgehead atoms. The molecule has 1 aliphatic carbocycles. The van der Waals surface area contributed by atoms with E-state index in [0.717, 1.165) is 30.3 Å². The number of aromatic nitrogens is 2. The Morgan fingerprint density at radius 2 is 1.59 bits per heavy atom. The van der Waals surface area contributed by atoms with Crippen LogP contribution in [-0.2, 0) is 17.9 Å². The quantitative estimate of drug-likeness (QED) is 0.553. The van der Waals surface area contributed by atoms with Gasteiger partial charge in [-0.15, -0.1) is 0 Å². The third kappa shape index (κ3) is 4.72. The normalized spacial score (nSPS) is 14.0. The molecule has 4 rings (SSSR count). The average Bonchev–Trinajstić information content (AvgIpc) is 3.32. The lowest BCUT2D eigenvalue weighted by Gasteiger charge is -2.14. The minimum Gasteiger partial charge on any atom is -0.353 e. The zero-order valence-electron chi connectivity index (χ0n) is 18.0. The van der Waals surface area contributed by atoms with Crippen LogP contribution in [0.1, 0.15) is 48.9 Å². The first-order valence-corrected chi connectivity index (χ1v) is 11.1. The summed E-state index contributed by atoms with van der Waals surface area (Å²) in [4.78, 5) is 51.2. The summed E-state index contributed by atoms with van der Waals surface area (Å²) in [7, 11) is 0. The van der Waals surface area contributed by atoms with Crippen LogP contribution in [0.4, 0.5) is 0 Å². The Kier molecular flexibility index (Phi) is 6.63. The van der Waals surface area contributed by atoms with Crippen LogP contribution >= 0.6 is 0 Å². The van der Waals surface area contributed by atoms with Gasteiger partial charge >= 0.3 is 5.69 Å². The van der Waals surface area contributed by atoms with Gasteiger partial charge in [0.1, 0.15) is 0 Å². The highest BCUT2D eigenvalue weighted by Gasteiger charge is 2.18. The molecule has 1 aromatic heterocycles. The number of hydrogen-bond donors (Lipinski definition) is 1. The van der Waals surface area contributed by atoms with Gasteiger partial charge in [0, 0.05) is 24.6 Å². The van der Waals surface area contributed by atoms with E-state index in [1.165, 1.54) is 4.57 Å². The van der Waals surface area contributed by atoms with Crippen molar-refractivity contribution in [2.24, 2.45) is 0 Å². The number of Topliss-reactive ketones (excluding diaryl/α,β-unsaturated/α-hetero) is 1. The topological polar surface area (TPSA) is 90.2 Å². The van der Waals surface area contributed by atoms with Crippen molar-refractivity contribution >= 4 is 22.6 Å². The predicted molar refractivity (Wildman–Crippen MR) is 123 cm³/mol. The van der Waals surface area contributed by atoms with Gasteiger partial charge in [-0.25, -0.2) is 4.79 Å². The summed E-state index contributed by atoms with van der Waals surface area (Å²) in [5.74, 6) is -0.260. The van der Waals surface area contributed by atoms with Crippen molar-refractivity contribution < 1.29 is 9.59 Å². The van der Waals surface area contributed by atoms with Crippen LogP contribution in [0.25, 0.3) is 10.9 Å². The molecule has 1 saturated carbocycles. The second kappa shape index (κ2) is 9.77. The van der Waals surface area contributed by atoms with E-state index in [-0.39, 0.29) is 37.2 Å². The third-order valence-corrected chi connectivity index (χ3v) is 6.04. The first-order valence-electron chi connectivity index (χ1n) is 11.1. The smallest absolute Gasteiger partial charge is 0.331 e. The standard InChI is InChI=1S/C25H27N3O4/c29-22(18-9-2-1-3-10-18)17-28-21-14-7-6-13-20(21)24(31)27(25(28)32)16-8-15-23(30)26-19-11-4-5-12-19/h1-3,6-7,9-10,13-14,19H,4-5,8,11-12,15-17H2,(H,26,30). The van der Waals surface area contributed by atoms with Crippen LogP contribution in [0, 0.1) is 0 Å². The molecule has 1 amide bonds. The SMILES string of the molecule is O=C(CCCn1c(=O)c2ccccc2n(CC(=O)c2ccccc2)c1=O)NC1CCCC1. The van der Waals surface area contributed by atoms with Gasteiger partial charge in [0.05, 0.1) is 17.4 Å². The van der Waals surface area contributed by atoms with E-state index < -0.39 is 11.2 Å². The zero-order chi connectivity index (χ0) is 22.5. The molecule has 32 heavy (non-hydrogen) atoms. The highest BCUT2D eigenvalue weighted by atomic mass is 16.2. The Labute approximate surface area is 185 Å². The molecule has 1 heterocycles. The predicted octanol–water partition coefficient (Wildman–Crippen LogP) is 2.89. The Bertz CT molecular complexity index is 1240. The molecule has 166 valence electrons. The van der Waals surface area contributed by atoms with Crippen LogP contribution < -0.4 is 16.6 Å². The third-order valence-electron chi connectivity index (χ3n) is 6.04. The molecule has 0 saturated heterocycles. The van der Waals surface area contributed by atoms with Crippen molar-refractivity contribution in [3.63, 3.8) is 0 Å². The summed E-state index contributed by atoms with van der Waals surface area (Å²) >= 11 is 0. The van der Waals surface area contributed by atoms with E-state index in [2.05, 4.69) is 5.32 Å². The maximum absolute atomic E-state index is 13.2. The van der Waals surface area contributed by atoms with Crippen molar-refractivity contribution in [3.8, 4) is 0 Å². The number of amides is 1. The second-order valence-electron chi connectivity index (χ2n) is 8.28. The fraction of sp³-hybridized carbons (Fsp3) is 0.360. The first kappa shape index (κ1) is 21.7. The van der Waals surface area contributed by atoms with Crippen LogP contribution in [0.3, 0.4) is 0 Å². The average molecular weight is 434 g/mol. The number of para-hydroxylation sites is 1. The monoisotopic (exact) mass is 433 g/mol. The minimum absolute atomic E-state index is 0.0506. The van der Waals surface area contributed by atoms with E-state index in [0.29, 0.717) is 22.9 Å². The number of fused-ring (bicyclic) bond motifs is 1. The van der Waals surface area contributed by atoms with Crippen LogP contribution in [0.2, 0.25) is 0 Å². The maximum atomic E-state index is 13.2. The molecule has 2 aromatic carbocycles. The van der Waals surface area contributed by atoms with E-state index in [1.54, 1.807) is 48.5 Å². The van der Waals surface area contributed by atoms with Gasteiger partial charge in [0.25, 0.3) is 5.56 Å². The van der Waals surface area contributed by atoms with Crippen LogP contribution in [0.5, 0.6) is 0 Å². The molecule has 3 aromatic rings. The number of carbonyl (C=O) groups excluding carboxylic acids is 2. The lowest BCUT2D eigenvalue weighted by Crippen LogP contribution is -2.41. The van der Waals surface area contributed by atoms with Crippen molar-refractivity contribution in [3.05, 3.63) is 81.0 Å². The number of nitrogens with one attached hydrogen (secondary N) is 1. The van der Waals surface area contributed by atoms with Crippen molar-refractivity contribution in [1.82, 2.24) is 14.5 Å². The van der Waals surface area contributed by atoms with Crippen molar-refractivity contribution in [1.29, 1.82) is 0 Å². The number of benzene rings is 2. The molecule has 0 radical (unpaired) electrons. The van der Waals surface area contributed by atoms with Gasteiger partial charge in [0.2, 0.25) is 5.91 Å². The fourth-order valence-electron chi connectivity index (χ4n) is 4.35. The summed E-state index contributed by atoms with van der Waals surface area (Å²) in [5, 5.41) is 3.40. The Balaban J connectivity index is 1.57. The summed E-state index contributed by atoms with van der Waals surface area (Å²) in [6.45, 7) is -0.0358. The largest absolute Gasteiger partial charge is 0.353 e. The fourth-order valence-corrected chi connectivity index (χ4v) is 4.35. The van der Waals surface area contributed by atoms with E-state index in [9.17, 15) is 19.2 Å². The number of ketones is 1. The summed E-state index contributed by atoms with van der Waals surface area (Å²) in [5.41, 5.74) is 0.00576. The van der Waals surface area contributed by atoms with Crippen molar-refractivity contribution in [2.45, 2.75) is 57.7 Å². The van der Waals surface area contributed by atoms with Gasteiger partial charge in [-0.3, -0.25) is 23.5 Å². The number of nitrogens with zero attached hydrogens (tertiary/aromatic N) is 2. The second-order valence-corrected chi connectivity index (χ2v) is 8.28. The molecule has 1 fully saturated rings. The number of rotatable bonds is 8. The molecule has 7 heteroatoms. The highest BCUT2D eigenvalue weighted by molar-refractivity contribution is 5.96. The summed E-state index contributed by atoms with van der Waals surface area (Å²) in [6.07, 6.45) is 4.92. The van der Waals surface area contributed by atoms with Crippen molar-refractivity contribution in [2.75, 3.05) is 0 Å². The lowest BCUT2D eigenvalue weighted by atomic mass is 10.1. The summed E-state index contributed by atoms with van der Waals surface area (Å²) in [6, 6.07) is 15.8. The maximum Gasteiger partial charge on any atom is 0.331 e. The van der Waals surface area contributed by atoms with Crippen LogP contribution in [-0.4, -0.2) is 26.9 Å². The minimum atomic E-state index is -0.533. The summed E-state index contributed by atoms with van der Waals surface area (Å²) < 4.78 is 2.49. The van der Waals surface area contributed by atoms with Crippen LogP contribution in [0.15, 0.2) is 64.2 Å². The number of hydrogen-bond acceptors (Lipinski definition) is 4. The number of carbonyl (C=O) groups is 2. The molecule has 0 spiro atoms. The molecule has 0 aliphatic heterocycles. The van der Waals surface area contributed by atoms with Gasteiger partial charge in [-0.1, -0.05) is 55.3 Å². The molecule has 7 nitrogen and oxygen atoms in total. The highest BCUT2D eigenvalue weighted by Crippen LogP contribution is 2.17. The van der Waals surface area contributed by atoms with Gasteiger partial charge in [-0.2, -0.15) is 0 Å². The first-order chi connectivity index (χ1) is 15.5. The molecular formula is C25H27N3O4. The van der Waals surface area contributed by atoms with E-state index in [1.807, 2.05) is 6.07 Å². The molecular weight excluding hydrogens is 406 g/mol. The Hall–Kier alpha value is -3.48.